The van der Waals surface area contributed by atoms with Crippen molar-refractivity contribution in [1.29, 1.82) is 0 Å². The van der Waals surface area contributed by atoms with E-state index in [1.165, 1.54) is 24.3 Å². The minimum atomic E-state index is -4.81. The van der Waals surface area contributed by atoms with Crippen LogP contribution in [0.25, 0.3) is 0 Å². The molecule has 0 heterocycles. The van der Waals surface area contributed by atoms with Crippen LogP contribution in [-0.4, -0.2) is 17.4 Å². The molecule has 7 heteroatoms. The van der Waals surface area contributed by atoms with Gasteiger partial charge in [-0.15, -0.1) is 13.2 Å². The molecule has 0 radical (unpaired) electrons. The van der Waals surface area contributed by atoms with E-state index in [1.54, 1.807) is 12.1 Å². The third-order valence-corrected chi connectivity index (χ3v) is 2.47. The number of hydrogen-bond donors (Lipinski definition) is 2. The lowest BCUT2D eigenvalue weighted by atomic mass is 10.2. The molecule has 2 rings (SSSR count). The number of phenolic OH excluding ortho intramolecular Hbond substituents is 1. The number of amides is 1. The van der Waals surface area contributed by atoms with Crippen LogP contribution in [0.5, 0.6) is 11.5 Å². The fourth-order valence-electron chi connectivity index (χ4n) is 1.64. The highest BCUT2D eigenvalue weighted by Crippen LogP contribution is 2.25. The monoisotopic (exact) mass is 297 g/mol. The Kier molecular flexibility index (Phi) is 4.02. The molecule has 0 spiro atoms. The molecular formula is C14H10F3NO3. The molecule has 1 amide bonds. The maximum atomic E-state index is 12.1. The second-order valence-corrected chi connectivity index (χ2v) is 4.05. The molecule has 0 saturated carbocycles. The van der Waals surface area contributed by atoms with Gasteiger partial charge in [0.25, 0.3) is 5.91 Å². The molecule has 0 atom stereocenters. The first-order chi connectivity index (χ1) is 9.85. The van der Waals surface area contributed by atoms with E-state index >= 15 is 0 Å². The molecule has 0 saturated heterocycles. The third-order valence-electron chi connectivity index (χ3n) is 2.47. The zero-order chi connectivity index (χ0) is 15.5. The van der Waals surface area contributed by atoms with Crippen LogP contribution in [-0.2, 0) is 0 Å². The Balaban J connectivity index is 2.15. The van der Waals surface area contributed by atoms with Crippen molar-refractivity contribution in [2.45, 2.75) is 6.36 Å². The van der Waals surface area contributed by atoms with E-state index in [4.69, 9.17) is 0 Å². The number of carbonyl (C=O) groups is 1. The molecule has 2 N–H and O–H groups in total. The summed E-state index contributed by atoms with van der Waals surface area (Å²) in [6.07, 6.45) is -4.81. The van der Waals surface area contributed by atoms with Crippen molar-refractivity contribution in [2.24, 2.45) is 0 Å². The van der Waals surface area contributed by atoms with E-state index in [1.807, 2.05) is 0 Å². The third kappa shape index (κ3) is 4.13. The van der Waals surface area contributed by atoms with E-state index in [0.29, 0.717) is 0 Å². The van der Waals surface area contributed by atoms with Crippen molar-refractivity contribution < 1.29 is 27.8 Å². The number of hydrogen-bond acceptors (Lipinski definition) is 3. The highest BCUT2D eigenvalue weighted by molar-refractivity contribution is 6.06. The van der Waals surface area contributed by atoms with Crippen molar-refractivity contribution in [3.63, 3.8) is 0 Å². The molecule has 2 aromatic carbocycles. The van der Waals surface area contributed by atoms with Crippen molar-refractivity contribution in [2.75, 3.05) is 5.32 Å². The van der Waals surface area contributed by atoms with Gasteiger partial charge in [0, 0.05) is 11.8 Å². The summed E-state index contributed by atoms with van der Waals surface area (Å²) < 4.78 is 40.1. The lowest BCUT2D eigenvalue weighted by molar-refractivity contribution is -0.274. The summed E-state index contributed by atoms with van der Waals surface area (Å²) in [5, 5.41) is 11.9. The normalized spacial score (nSPS) is 11.0. The van der Waals surface area contributed by atoms with Gasteiger partial charge in [-0.3, -0.25) is 4.79 Å². The Morgan fingerprint density at radius 3 is 2.48 bits per heavy atom. The van der Waals surface area contributed by atoms with Gasteiger partial charge in [-0.25, -0.2) is 0 Å². The predicted octanol–water partition coefficient (Wildman–Crippen LogP) is 3.54. The Labute approximate surface area is 117 Å². The van der Waals surface area contributed by atoms with Crippen LogP contribution in [0.2, 0.25) is 0 Å². The van der Waals surface area contributed by atoms with Crippen LogP contribution in [0.1, 0.15) is 10.4 Å². The largest absolute Gasteiger partial charge is 0.573 e. The summed E-state index contributed by atoms with van der Waals surface area (Å²) in [5.74, 6) is -1.31. The Morgan fingerprint density at radius 1 is 1.10 bits per heavy atom. The molecule has 0 fully saturated rings. The number of halogens is 3. The number of para-hydroxylation sites is 1. The molecule has 21 heavy (non-hydrogen) atoms. The lowest BCUT2D eigenvalue weighted by Crippen LogP contribution is -2.17. The minimum Gasteiger partial charge on any atom is -0.507 e. The maximum Gasteiger partial charge on any atom is 0.573 e. The van der Waals surface area contributed by atoms with Crippen LogP contribution in [0.4, 0.5) is 18.9 Å². The van der Waals surface area contributed by atoms with Crippen molar-refractivity contribution in [3.05, 3.63) is 54.1 Å². The molecule has 0 aromatic heterocycles. The highest BCUT2D eigenvalue weighted by Gasteiger charge is 2.31. The number of aromatic hydroxyl groups is 1. The predicted molar refractivity (Wildman–Crippen MR) is 69.2 cm³/mol. The number of carbonyl (C=O) groups excluding carboxylic acids is 1. The van der Waals surface area contributed by atoms with Crippen molar-refractivity contribution in [1.82, 2.24) is 0 Å². The van der Waals surface area contributed by atoms with E-state index < -0.39 is 18.0 Å². The number of anilines is 1. The van der Waals surface area contributed by atoms with Crippen LogP contribution < -0.4 is 10.1 Å². The molecule has 0 unspecified atom stereocenters. The zero-order valence-electron chi connectivity index (χ0n) is 10.5. The van der Waals surface area contributed by atoms with E-state index in [9.17, 15) is 23.1 Å². The fourth-order valence-corrected chi connectivity index (χ4v) is 1.64. The molecule has 0 aliphatic carbocycles. The first kappa shape index (κ1) is 14.7. The number of nitrogens with one attached hydrogen (secondary N) is 1. The van der Waals surface area contributed by atoms with Crippen LogP contribution in [0.15, 0.2) is 48.5 Å². The molecule has 2 aromatic rings. The topological polar surface area (TPSA) is 58.6 Å². The van der Waals surface area contributed by atoms with Gasteiger partial charge in [0.15, 0.2) is 0 Å². The summed E-state index contributed by atoms with van der Waals surface area (Å²) in [4.78, 5) is 11.9. The quantitative estimate of drug-likeness (QED) is 0.911. The molecule has 4 nitrogen and oxygen atoms in total. The van der Waals surface area contributed by atoms with Crippen molar-refractivity contribution in [3.8, 4) is 11.5 Å². The SMILES string of the molecule is O=C(Nc1cccc(OC(F)(F)F)c1)c1ccccc1O. The molecule has 0 aliphatic heterocycles. The van der Waals surface area contributed by atoms with Crippen LogP contribution >= 0.6 is 0 Å². The summed E-state index contributed by atoms with van der Waals surface area (Å²) in [6, 6.07) is 10.7. The minimum absolute atomic E-state index is 0.0136. The Bertz CT molecular complexity index is 656. The van der Waals surface area contributed by atoms with Gasteiger partial charge in [0.05, 0.1) is 5.56 Å². The zero-order valence-corrected chi connectivity index (χ0v) is 10.5. The number of ether oxygens (including phenoxy) is 1. The first-order valence-corrected chi connectivity index (χ1v) is 5.80. The summed E-state index contributed by atoms with van der Waals surface area (Å²) in [5.41, 5.74) is 0.129. The number of benzene rings is 2. The van der Waals surface area contributed by atoms with E-state index in [0.717, 1.165) is 12.1 Å². The van der Waals surface area contributed by atoms with Crippen LogP contribution in [0, 0.1) is 0 Å². The maximum absolute atomic E-state index is 12.1. The van der Waals surface area contributed by atoms with Gasteiger partial charge in [-0.05, 0) is 24.3 Å². The lowest BCUT2D eigenvalue weighted by Gasteiger charge is -2.11. The molecule has 0 aliphatic rings. The molecule has 110 valence electrons. The molecule has 0 bridgehead atoms. The average molecular weight is 297 g/mol. The van der Waals surface area contributed by atoms with Gasteiger partial charge in [-0.2, -0.15) is 0 Å². The number of phenols is 1. The van der Waals surface area contributed by atoms with Gasteiger partial charge < -0.3 is 15.2 Å². The van der Waals surface area contributed by atoms with Crippen molar-refractivity contribution >= 4 is 11.6 Å². The highest BCUT2D eigenvalue weighted by atomic mass is 19.4. The first-order valence-electron chi connectivity index (χ1n) is 5.80. The smallest absolute Gasteiger partial charge is 0.507 e. The summed E-state index contributed by atoms with van der Waals surface area (Å²) >= 11 is 0. The van der Waals surface area contributed by atoms with Crippen LogP contribution in [0.3, 0.4) is 0 Å². The van der Waals surface area contributed by atoms with Gasteiger partial charge in [0.1, 0.15) is 11.5 Å². The standard InChI is InChI=1S/C14H10F3NO3/c15-14(16,17)21-10-5-3-4-9(8-10)18-13(20)11-6-1-2-7-12(11)19/h1-8,19H,(H,18,20). The van der Waals surface area contributed by atoms with Gasteiger partial charge in [0.2, 0.25) is 0 Å². The fraction of sp³-hybridized carbons (Fsp3) is 0.0714. The van der Waals surface area contributed by atoms with Gasteiger partial charge in [-0.1, -0.05) is 18.2 Å². The average Bonchev–Trinajstić information content (AvgIpc) is 2.37. The molecular weight excluding hydrogens is 287 g/mol. The number of rotatable bonds is 3. The Hall–Kier alpha value is -2.70. The second kappa shape index (κ2) is 5.74. The number of alkyl halides is 3. The van der Waals surface area contributed by atoms with Gasteiger partial charge >= 0.3 is 6.36 Å². The summed E-state index contributed by atoms with van der Waals surface area (Å²) in [6.45, 7) is 0. The summed E-state index contributed by atoms with van der Waals surface area (Å²) in [7, 11) is 0. The Morgan fingerprint density at radius 2 is 1.81 bits per heavy atom. The van der Waals surface area contributed by atoms with E-state index in [-0.39, 0.29) is 17.0 Å². The second-order valence-electron chi connectivity index (χ2n) is 4.05. The van der Waals surface area contributed by atoms with E-state index in [2.05, 4.69) is 10.1 Å².